The Morgan fingerprint density at radius 3 is 3.10 bits per heavy atom. The second kappa shape index (κ2) is 6.86. The maximum Gasteiger partial charge on any atom is 0.136 e. The normalized spacial score (nSPS) is 18.6. The molecule has 3 nitrogen and oxygen atoms in total. The van der Waals surface area contributed by atoms with Crippen molar-refractivity contribution in [1.29, 1.82) is 0 Å². The molecule has 5 heteroatoms. The minimum absolute atomic E-state index is 0. The van der Waals surface area contributed by atoms with Crippen LogP contribution in [0.3, 0.4) is 0 Å². The Hall–Kier alpha value is -1.39. The minimum atomic E-state index is -0.276. The molecule has 0 amide bonds. The van der Waals surface area contributed by atoms with Crippen LogP contribution in [-0.4, -0.2) is 24.7 Å². The van der Waals surface area contributed by atoms with Gasteiger partial charge >= 0.3 is 0 Å². The van der Waals surface area contributed by atoms with E-state index in [0.29, 0.717) is 23.7 Å². The first-order chi connectivity index (χ1) is 9.33. The van der Waals surface area contributed by atoms with Gasteiger partial charge in [-0.1, -0.05) is 0 Å². The summed E-state index contributed by atoms with van der Waals surface area (Å²) >= 11 is 0. The Bertz CT molecular complexity index is 573. The molecule has 1 unspecified atom stereocenters. The third kappa shape index (κ3) is 3.38. The third-order valence-corrected chi connectivity index (χ3v) is 3.56. The van der Waals surface area contributed by atoms with Crippen LogP contribution >= 0.6 is 12.4 Å². The highest BCUT2D eigenvalue weighted by atomic mass is 35.5. The summed E-state index contributed by atoms with van der Waals surface area (Å²) in [6.45, 7) is 2.72. The molecule has 0 aliphatic carbocycles. The number of hydrogen-bond acceptors (Lipinski definition) is 3. The molecule has 3 rings (SSSR count). The lowest BCUT2D eigenvalue weighted by Crippen LogP contribution is -2.33. The van der Waals surface area contributed by atoms with Crippen molar-refractivity contribution in [2.75, 3.05) is 19.7 Å². The molecule has 0 saturated carbocycles. The summed E-state index contributed by atoms with van der Waals surface area (Å²) in [4.78, 5) is 3.93. The fraction of sp³-hybridized carbons (Fsp3) is 0.400. The molecule has 20 heavy (non-hydrogen) atoms. The number of aromatic nitrogens is 1. The number of piperidine rings is 1. The van der Waals surface area contributed by atoms with Gasteiger partial charge in [0.1, 0.15) is 11.6 Å². The van der Waals surface area contributed by atoms with E-state index in [0.717, 1.165) is 18.5 Å². The zero-order chi connectivity index (χ0) is 13.1. The number of rotatable bonds is 3. The lowest BCUT2D eigenvalue weighted by atomic mass is 10.0. The molecule has 108 valence electrons. The number of benzene rings is 1. The van der Waals surface area contributed by atoms with Crippen LogP contribution in [0.5, 0.6) is 5.75 Å². The third-order valence-electron chi connectivity index (χ3n) is 3.56. The number of hydrogen-bond donors (Lipinski definition) is 1. The molecule has 0 bridgehead atoms. The second-order valence-electron chi connectivity index (χ2n) is 5.03. The van der Waals surface area contributed by atoms with E-state index < -0.39 is 0 Å². The van der Waals surface area contributed by atoms with E-state index in [1.807, 2.05) is 6.07 Å². The number of nitrogens with one attached hydrogen (secondary N) is 1. The van der Waals surface area contributed by atoms with Crippen LogP contribution < -0.4 is 10.1 Å². The minimum Gasteiger partial charge on any atom is -0.493 e. The molecular formula is C15H18ClFN2O. The summed E-state index contributed by atoms with van der Waals surface area (Å²) in [6.07, 6.45) is 5.56. The van der Waals surface area contributed by atoms with E-state index in [9.17, 15) is 4.39 Å². The number of ether oxygens (including phenoxy) is 1. The van der Waals surface area contributed by atoms with Gasteiger partial charge in [0.05, 0.1) is 6.61 Å². The first-order valence-electron chi connectivity index (χ1n) is 6.70. The Labute approximate surface area is 123 Å². The molecular weight excluding hydrogens is 279 g/mol. The van der Waals surface area contributed by atoms with Crippen LogP contribution in [0.1, 0.15) is 12.8 Å². The first kappa shape index (κ1) is 15.0. The molecule has 1 atom stereocenters. The van der Waals surface area contributed by atoms with E-state index in [2.05, 4.69) is 10.3 Å². The Morgan fingerprint density at radius 2 is 2.30 bits per heavy atom. The molecule has 1 N–H and O–H groups in total. The van der Waals surface area contributed by atoms with E-state index in [1.165, 1.54) is 18.9 Å². The van der Waals surface area contributed by atoms with Crippen molar-refractivity contribution in [3.8, 4) is 5.75 Å². The number of pyridine rings is 1. The van der Waals surface area contributed by atoms with Gasteiger partial charge in [-0.15, -0.1) is 12.4 Å². The van der Waals surface area contributed by atoms with Crippen molar-refractivity contribution in [2.45, 2.75) is 12.8 Å². The van der Waals surface area contributed by atoms with E-state index in [-0.39, 0.29) is 18.2 Å². The monoisotopic (exact) mass is 296 g/mol. The van der Waals surface area contributed by atoms with Crippen LogP contribution in [-0.2, 0) is 0 Å². The Morgan fingerprint density at radius 1 is 1.40 bits per heavy atom. The quantitative estimate of drug-likeness (QED) is 0.944. The largest absolute Gasteiger partial charge is 0.493 e. The van der Waals surface area contributed by atoms with Gasteiger partial charge in [0.25, 0.3) is 0 Å². The Kier molecular flexibility index (Phi) is 5.15. The average molecular weight is 297 g/mol. The van der Waals surface area contributed by atoms with Crippen molar-refractivity contribution in [1.82, 2.24) is 10.3 Å². The molecule has 2 aromatic rings. The van der Waals surface area contributed by atoms with Gasteiger partial charge in [-0.3, -0.25) is 4.98 Å². The molecule has 2 heterocycles. The van der Waals surface area contributed by atoms with Gasteiger partial charge in [0.15, 0.2) is 0 Å². The SMILES string of the molecule is Cl.Fc1cc(OCC2CCCNC2)cc2ccncc12. The maximum absolute atomic E-state index is 13.9. The molecule has 0 spiro atoms. The molecule has 1 aromatic heterocycles. The number of nitrogens with zero attached hydrogens (tertiary/aromatic N) is 1. The topological polar surface area (TPSA) is 34.1 Å². The van der Waals surface area contributed by atoms with Gasteiger partial charge in [0.2, 0.25) is 0 Å². The van der Waals surface area contributed by atoms with Crippen molar-refractivity contribution in [3.63, 3.8) is 0 Å². The van der Waals surface area contributed by atoms with Crippen molar-refractivity contribution in [2.24, 2.45) is 5.92 Å². The standard InChI is InChI=1S/C15H17FN2O.ClH/c16-15-7-13(6-12-3-5-18-9-14(12)15)19-10-11-2-1-4-17-8-11;/h3,5-7,9,11,17H,1-2,4,8,10H2;1H. The lowest BCUT2D eigenvalue weighted by molar-refractivity contribution is 0.218. The van der Waals surface area contributed by atoms with E-state index in [1.54, 1.807) is 18.5 Å². The highest BCUT2D eigenvalue weighted by Gasteiger charge is 2.14. The highest BCUT2D eigenvalue weighted by Crippen LogP contribution is 2.24. The molecule has 1 aliphatic rings. The molecule has 1 fully saturated rings. The summed E-state index contributed by atoms with van der Waals surface area (Å²) in [5, 5.41) is 4.71. The zero-order valence-corrected chi connectivity index (χ0v) is 12.0. The van der Waals surface area contributed by atoms with Crippen LogP contribution in [0.25, 0.3) is 10.8 Å². The highest BCUT2D eigenvalue weighted by molar-refractivity contribution is 5.85. The van der Waals surface area contributed by atoms with Crippen molar-refractivity contribution >= 4 is 23.2 Å². The summed E-state index contributed by atoms with van der Waals surface area (Å²) < 4.78 is 19.6. The molecule has 0 radical (unpaired) electrons. The fourth-order valence-corrected chi connectivity index (χ4v) is 2.49. The molecule has 1 aromatic carbocycles. The summed E-state index contributed by atoms with van der Waals surface area (Å²) in [6, 6.07) is 5.12. The predicted molar refractivity (Wildman–Crippen MR) is 80.0 cm³/mol. The summed E-state index contributed by atoms with van der Waals surface area (Å²) in [5.41, 5.74) is 0. The van der Waals surface area contributed by atoms with E-state index in [4.69, 9.17) is 4.74 Å². The maximum atomic E-state index is 13.9. The average Bonchev–Trinajstić information content (AvgIpc) is 2.46. The lowest BCUT2D eigenvalue weighted by Gasteiger charge is -2.22. The summed E-state index contributed by atoms with van der Waals surface area (Å²) in [5.74, 6) is 0.842. The van der Waals surface area contributed by atoms with Crippen LogP contribution in [0.4, 0.5) is 4.39 Å². The predicted octanol–water partition coefficient (Wildman–Crippen LogP) is 3.17. The van der Waals surface area contributed by atoms with Gasteiger partial charge in [0, 0.05) is 36.3 Å². The molecule has 1 saturated heterocycles. The molecule has 1 aliphatic heterocycles. The van der Waals surface area contributed by atoms with Gasteiger partial charge in [-0.25, -0.2) is 4.39 Å². The smallest absolute Gasteiger partial charge is 0.136 e. The van der Waals surface area contributed by atoms with Crippen LogP contribution in [0.2, 0.25) is 0 Å². The van der Waals surface area contributed by atoms with Gasteiger partial charge < -0.3 is 10.1 Å². The van der Waals surface area contributed by atoms with Gasteiger partial charge in [-0.05, 0) is 36.9 Å². The van der Waals surface area contributed by atoms with Gasteiger partial charge in [-0.2, -0.15) is 0 Å². The Balaban J connectivity index is 0.00000147. The van der Waals surface area contributed by atoms with Crippen molar-refractivity contribution < 1.29 is 9.13 Å². The van der Waals surface area contributed by atoms with Crippen LogP contribution in [0.15, 0.2) is 30.6 Å². The zero-order valence-electron chi connectivity index (χ0n) is 11.1. The number of fused-ring (bicyclic) bond motifs is 1. The summed E-state index contributed by atoms with van der Waals surface area (Å²) in [7, 11) is 0. The van der Waals surface area contributed by atoms with Crippen LogP contribution in [0, 0.1) is 11.7 Å². The number of halogens is 2. The fourth-order valence-electron chi connectivity index (χ4n) is 2.49. The first-order valence-corrected chi connectivity index (χ1v) is 6.70. The second-order valence-corrected chi connectivity index (χ2v) is 5.03. The van der Waals surface area contributed by atoms with E-state index >= 15 is 0 Å². The van der Waals surface area contributed by atoms with Crippen molar-refractivity contribution in [3.05, 3.63) is 36.4 Å².